The summed E-state index contributed by atoms with van der Waals surface area (Å²) in [6, 6.07) is 5.75. The number of hydrogen-bond acceptors (Lipinski definition) is 6. The monoisotopic (exact) mass is 482 g/mol. The van der Waals surface area contributed by atoms with Gasteiger partial charge in [-0.1, -0.05) is 63.2 Å². The minimum absolute atomic E-state index is 0.0687. The first-order valence-corrected chi connectivity index (χ1v) is 13.2. The number of pyridine rings is 1. The Bertz CT molecular complexity index is 1170. The Balaban J connectivity index is 1.59. The summed E-state index contributed by atoms with van der Waals surface area (Å²) in [4.78, 5) is 36.4. The highest BCUT2D eigenvalue weighted by Gasteiger charge is 2.38. The number of carbonyl (C=O) groups excluding carboxylic acids is 1. The van der Waals surface area contributed by atoms with E-state index >= 15 is 0 Å². The van der Waals surface area contributed by atoms with Crippen molar-refractivity contribution in [3.63, 3.8) is 0 Å². The molecular weight excluding hydrogens is 452 g/mol. The van der Waals surface area contributed by atoms with Crippen LogP contribution in [0.2, 0.25) is 0 Å². The van der Waals surface area contributed by atoms with Gasteiger partial charge in [0.1, 0.15) is 15.8 Å². The molecule has 0 spiro atoms. The quantitative estimate of drug-likeness (QED) is 0.466. The lowest BCUT2D eigenvalue weighted by molar-refractivity contribution is -0.124. The van der Waals surface area contributed by atoms with Crippen LogP contribution in [-0.2, 0) is 4.79 Å². The normalized spacial score (nSPS) is 26.1. The van der Waals surface area contributed by atoms with Gasteiger partial charge in [0.2, 0.25) is 0 Å². The Morgan fingerprint density at radius 2 is 1.82 bits per heavy atom. The van der Waals surface area contributed by atoms with Gasteiger partial charge in [-0.05, 0) is 49.3 Å². The molecule has 3 aliphatic rings. The number of thioether (sulfide) groups is 1. The maximum absolute atomic E-state index is 13.6. The Morgan fingerprint density at radius 3 is 2.55 bits per heavy atom. The van der Waals surface area contributed by atoms with Gasteiger partial charge in [0.15, 0.2) is 0 Å². The van der Waals surface area contributed by atoms with Crippen molar-refractivity contribution >= 4 is 51.7 Å². The molecule has 6 nitrogen and oxygen atoms in total. The summed E-state index contributed by atoms with van der Waals surface area (Å²) < 4.78 is 2.17. The molecule has 2 atom stereocenters. The number of hydrogen-bond donors (Lipinski definition) is 0. The van der Waals surface area contributed by atoms with Crippen molar-refractivity contribution in [2.24, 2.45) is 11.8 Å². The number of nitrogens with zero attached hydrogens (tertiary/aromatic N) is 4. The van der Waals surface area contributed by atoms with Gasteiger partial charge in [0.05, 0.1) is 10.5 Å². The summed E-state index contributed by atoms with van der Waals surface area (Å²) in [5, 5.41) is 0. The van der Waals surface area contributed by atoms with Crippen molar-refractivity contribution < 1.29 is 4.79 Å². The second kappa shape index (κ2) is 9.22. The first kappa shape index (κ1) is 22.6. The third kappa shape index (κ3) is 4.35. The van der Waals surface area contributed by atoms with E-state index < -0.39 is 0 Å². The van der Waals surface area contributed by atoms with Crippen LogP contribution in [0.15, 0.2) is 34.1 Å². The molecular formula is C25H30N4O2S2. The predicted molar refractivity (Wildman–Crippen MR) is 139 cm³/mol. The average molecular weight is 483 g/mol. The van der Waals surface area contributed by atoms with Crippen molar-refractivity contribution in [2.45, 2.75) is 58.4 Å². The van der Waals surface area contributed by atoms with Gasteiger partial charge in [-0.2, -0.15) is 0 Å². The molecule has 8 heteroatoms. The van der Waals surface area contributed by atoms with E-state index in [0.29, 0.717) is 38.1 Å². The first-order valence-electron chi connectivity index (χ1n) is 12.0. The van der Waals surface area contributed by atoms with Crippen LogP contribution < -0.4 is 10.5 Å². The Hall–Kier alpha value is -2.19. The molecule has 174 valence electrons. The standard InChI is InChI=1S/C25H30N4O2S2/c1-16-12-17(2)15-27(14-16)22-19(23(30)28-11-7-6-10-21(28)26-22)13-20-24(31)29(25(32)33-20)18-8-4-3-5-9-18/h6-7,10-11,13,16-18H,3-5,8-9,12,14-15H2,1-2H3/b20-13+/t16-,17-/m0/s1. The van der Waals surface area contributed by atoms with E-state index in [1.807, 2.05) is 18.2 Å². The molecule has 2 aromatic rings. The van der Waals surface area contributed by atoms with Crippen LogP contribution in [-0.4, -0.2) is 43.6 Å². The first-order chi connectivity index (χ1) is 15.9. The van der Waals surface area contributed by atoms with E-state index in [-0.39, 0.29) is 17.5 Å². The van der Waals surface area contributed by atoms with Gasteiger partial charge in [-0.15, -0.1) is 0 Å². The van der Waals surface area contributed by atoms with Crippen LogP contribution in [0.1, 0.15) is 57.9 Å². The zero-order chi connectivity index (χ0) is 23.1. The van der Waals surface area contributed by atoms with Gasteiger partial charge in [0.25, 0.3) is 11.5 Å². The van der Waals surface area contributed by atoms with Crippen molar-refractivity contribution in [2.75, 3.05) is 18.0 Å². The number of amides is 1. The lowest BCUT2D eigenvalue weighted by Gasteiger charge is -2.36. The molecule has 4 heterocycles. The topological polar surface area (TPSA) is 57.9 Å². The number of anilines is 1. The second-order valence-electron chi connectivity index (χ2n) is 9.78. The summed E-state index contributed by atoms with van der Waals surface area (Å²) in [6.45, 7) is 6.18. The molecule has 0 radical (unpaired) electrons. The summed E-state index contributed by atoms with van der Waals surface area (Å²) in [6.07, 6.45) is 10.1. The molecule has 5 rings (SSSR count). The zero-order valence-electron chi connectivity index (χ0n) is 19.2. The maximum atomic E-state index is 13.6. The Kier molecular flexibility index (Phi) is 6.31. The van der Waals surface area contributed by atoms with Gasteiger partial charge >= 0.3 is 0 Å². The molecule has 2 aliphatic heterocycles. The highest BCUT2D eigenvalue weighted by atomic mass is 32.2. The fourth-order valence-electron chi connectivity index (χ4n) is 5.56. The smallest absolute Gasteiger partial charge is 0.267 e. The number of carbonyl (C=O) groups is 1. The molecule has 3 fully saturated rings. The summed E-state index contributed by atoms with van der Waals surface area (Å²) in [7, 11) is 0. The number of fused-ring (bicyclic) bond motifs is 1. The largest absolute Gasteiger partial charge is 0.355 e. The fourth-order valence-corrected chi connectivity index (χ4v) is 6.94. The summed E-state index contributed by atoms with van der Waals surface area (Å²) in [5.74, 6) is 1.64. The number of rotatable bonds is 3. The van der Waals surface area contributed by atoms with Crippen LogP contribution in [0.5, 0.6) is 0 Å². The summed E-state index contributed by atoms with van der Waals surface area (Å²) >= 11 is 6.92. The highest BCUT2D eigenvalue weighted by molar-refractivity contribution is 8.26. The number of thiocarbonyl (C=S) groups is 1. The van der Waals surface area contributed by atoms with Gasteiger partial charge in [-0.25, -0.2) is 4.98 Å². The lowest BCUT2D eigenvalue weighted by atomic mass is 9.91. The predicted octanol–water partition coefficient (Wildman–Crippen LogP) is 4.71. The molecule has 0 N–H and O–H groups in total. The van der Waals surface area contributed by atoms with E-state index in [2.05, 4.69) is 18.7 Å². The van der Waals surface area contributed by atoms with E-state index in [9.17, 15) is 9.59 Å². The van der Waals surface area contributed by atoms with E-state index in [4.69, 9.17) is 17.2 Å². The third-order valence-corrected chi connectivity index (χ3v) is 8.29. The zero-order valence-corrected chi connectivity index (χ0v) is 20.8. The Morgan fingerprint density at radius 1 is 1.09 bits per heavy atom. The fraction of sp³-hybridized carbons (Fsp3) is 0.520. The lowest BCUT2D eigenvalue weighted by Crippen LogP contribution is -2.41. The molecule has 0 aromatic carbocycles. The Labute approximate surface area is 204 Å². The highest BCUT2D eigenvalue weighted by Crippen LogP contribution is 2.38. The van der Waals surface area contributed by atoms with E-state index in [1.165, 1.54) is 24.6 Å². The van der Waals surface area contributed by atoms with Crippen molar-refractivity contribution in [3.8, 4) is 0 Å². The minimum Gasteiger partial charge on any atom is -0.355 e. The molecule has 0 unspecified atom stereocenters. The van der Waals surface area contributed by atoms with Crippen LogP contribution >= 0.6 is 24.0 Å². The molecule has 0 bridgehead atoms. The summed E-state index contributed by atoms with van der Waals surface area (Å²) in [5.41, 5.74) is 0.948. The van der Waals surface area contributed by atoms with E-state index in [0.717, 1.165) is 38.8 Å². The van der Waals surface area contributed by atoms with Crippen molar-refractivity contribution in [3.05, 3.63) is 45.2 Å². The SMILES string of the molecule is C[C@H]1C[C@H](C)CN(c2nc3ccccn3c(=O)c2/C=C2/SC(=S)N(C3CCCCC3)C2=O)C1. The third-order valence-electron chi connectivity index (χ3n) is 6.96. The number of piperidine rings is 1. The van der Waals surface area contributed by atoms with Crippen molar-refractivity contribution in [1.82, 2.24) is 14.3 Å². The molecule has 2 aromatic heterocycles. The van der Waals surface area contributed by atoms with Crippen LogP contribution in [0.25, 0.3) is 11.7 Å². The molecule has 1 aliphatic carbocycles. The minimum atomic E-state index is -0.149. The van der Waals surface area contributed by atoms with Crippen molar-refractivity contribution in [1.29, 1.82) is 0 Å². The van der Waals surface area contributed by atoms with Gasteiger partial charge in [0, 0.05) is 25.3 Å². The molecule has 33 heavy (non-hydrogen) atoms. The molecule has 2 saturated heterocycles. The maximum Gasteiger partial charge on any atom is 0.267 e. The van der Waals surface area contributed by atoms with Crippen LogP contribution in [0, 0.1) is 11.8 Å². The molecule has 1 amide bonds. The van der Waals surface area contributed by atoms with Crippen LogP contribution in [0.3, 0.4) is 0 Å². The number of aromatic nitrogens is 2. The average Bonchev–Trinajstić information content (AvgIpc) is 3.08. The van der Waals surface area contributed by atoms with E-state index in [1.54, 1.807) is 21.6 Å². The van der Waals surface area contributed by atoms with Gasteiger partial charge < -0.3 is 4.90 Å². The van der Waals surface area contributed by atoms with Gasteiger partial charge in [-0.3, -0.25) is 18.9 Å². The second-order valence-corrected chi connectivity index (χ2v) is 11.5. The van der Waals surface area contributed by atoms with Crippen LogP contribution in [0.4, 0.5) is 5.82 Å². The molecule has 1 saturated carbocycles.